The topological polar surface area (TPSA) is 58.6 Å². The molecule has 0 aliphatic rings. The summed E-state index contributed by atoms with van der Waals surface area (Å²) < 4.78 is 20.4. The minimum atomic E-state index is -0.756. The van der Waals surface area contributed by atoms with Crippen molar-refractivity contribution in [2.24, 2.45) is 0 Å². The standard InChI is InChI=1S/C29H32BrFN2O3/c1-4-14-32-29(35)26(17-22-8-6-5-7-9-22)33(18-23-10-12-24(31)13-11-23)27(34)19-36-25-15-20(2)28(30)21(3)16-25/h5-13,15-16,26H,4,14,17-19H2,1-3H3,(H,32,35). The molecular weight excluding hydrogens is 523 g/mol. The summed E-state index contributed by atoms with van der Waals surface area (Å²) in [6.07, 6.45) is 1.13. The molecule has 3 aromatic carbocycles. The van der Waals surface area contributed by atoms with E-state index in [9.17, 15) is 14.0 Å². The molecular formula is C29H32BrFN2O3. The molecule has 3 rings (SSSR count). The highest BCUT2D eigenvalue weighted by Crippen LogP contribution is 2.26. The van der Waals surface area contributed by atoms with Crippen molar-refractivity contribution >= 4 is 27.7 Å². The van der Waals surface area contributed by atoms with Crippen LogP contribution in [0.4, 0.5) is 4.39 Å². The van der Waals surface area contributed by atoms with Crippen LogP contribution in [0.3, 0.4) is 0 Å². The van der Waals surface area contributed by atoms with Crippen molar-refractivity contribution in [3.8, 4) is 5.75 Å². The van der Waals surface area contributed by atoms with Crippen LogP contribution in [-0.4, -0.2) is 35.9 Å². The predicted molar refractivity (Wildman–Crippen MR) is 143 cm³/mol. The number of amides is 2. The molecule has 190 valence electrons. The third kappa shape index (κ3) is 7.65. The molecule has 0 aliphatic heterocycles. The molecule has 0 aromatic heterocycles. The van der Waals surface area contributed by atoms with Gasteiger partial charge in [0, 0.05) is 24.0 Å². The summed E-state index contributed by atoms with van der Waals surface area (Å²) in [6, 6.07) is 18.5. The molecule has 0 heterocycles. The summed E-state index contributed by atoms with van der Waals surface area (Å²) in [5, 5.41) is 2.94. The lowest BCUT2D eigenvalue weighted by atomic mass is 10.0. The van der Waals surface area contributed by atoms with E-state index >= 15 is 0 Å². The van der Waals surface area contributed by atoms with Gasteiger partial charge in [-0.2, -0.15) is 0 Å². The zero-order valence-electron chi connectivity index (χ0n) is 20.9. The molecule has 0 fully saturated rings. The first-order chi connectivity index (χ1) is 17.3. The number of nitrogens with one attached hydrogen (secondary N) is 1. The zero-order valence-corrected chi connectivity index (χ0v) is 22.5. The van der Waals surface area contributed by atoms with E-state index in [2.05, 4.69) is 21.2 Å². The van der Waals surface area contributed by atoms with Crippen molar-refractivity contribution in [2.75, 3.05) is 13.2 Å². The van der Waals surface area contributed by atoms with Gasteiger partial charge in [0.2, 0.25) is 5.91 Å². The van der Waals surface area contributed by atoms with Crippen molar-refractivity contribution in [1.29, 1.82) is 0 Å². The predicted octanol–water partition coefficient (Wildman–Crippen LogP) is 5.75. The number of ether oxygens (including phenoxy) is 1. The van der Waals surface area contributed by atoms with Crippen molar-refractivity contribution in [2.45, 2.75) is 46.2 Å². The lowest BCUT2D eigenvalue weighted by Crippen LogP contribution is -2.51. The first kappa shape index (κ1) is 27.4. The molecule has 0 radical (unpaired) electrons. The summed E-state index contributed by atoms with van der Waals surface area (Å²) in [5.74, 6) is -0.336. The SMILES string of the molecule is CCCNC(=O)C(Cc1ccccc1)N(Cc1ccc(F)cc1)C(=O)COc1cc(C)c(Br)c(C)c1. The smallest absolute Gasteiger partial charge is 0.261 e. The Balaban J connectivity index is 1.90. The first-order valence-electron chi connectivity index (χ1n) is 12.0. The van der Waals surface area contributed by atoms with Crippen LogP contribution in [0.25, 0.3) is 0 Å². The maximum Gasteiger partial charge on any atom is 0.261 e. The number of carbonyl (C=O) groups excluding carboxylic acids is 2. The van der Waals surface area contributed by atoms with Gasteiger partial charge in [0.1, 0.15) is 17.6 Å². The summed E-state index contributed by atoms with van der Waals surface area (Å²) in [4.78, 5) is 28.4. The van der Waals surface area contributed by atoms with Gasteiger partial charge in [-0.25, -0.2) is 4.39 Å². The fourth-order valence-electron chi connectivity index (χ4n) is 3.92. The summed E-state index contributed by atoms with van der Waals surface area (Å²) >= 11 is 3.54. The third-order valence-electron chi connectivity index (χ3n) is 5.86. The number of aryl methyl sites for hydroxylation is 2. The van der Waals surface area contributed by atoms with Gasteiger partial charge in [-0.3, -0.25) is 9.59 Å². The molecule has 36 heavy (non-hydrogen) atoms. The Morgan fingerprint density at radius 2 is 1.64 bits per heavy atom. The van der Waals surface area contributed by atoms with Crippen LogP contribution < -0.4 is 10.1 Å². The molecule has 0 aliphatic carbocycles. The van der Waals surface area contributed by atoms with E-state index < -0.39 is 6.04 Å². The number of nitrogens with zero attached hydrogens (tertiary/aromatic N) is 1. The molecule has 0 spiro atoms. The van der Waals surface area contributed by atoms with Gasteiger partial charge < -0.3 is 15.0 Å². The van der Waals surface area contributed by atoms with E-state index in [1.54, 1.807) is 12.1 Å². The van der Waals surface area contributed by atoms with Gasteiger partial charge in [0.25, 0.3) is 5.91 Å². The second-order valence-corrected chi connectivity index (χ2v) is 9.60. The van der Waals surface area contributed by atoms with Crippen LogP contribution in [0.1, 0.15) is 35.6 Å². The van der Waals surface area contributed by atoms with Crippen LogP contribution in [0.5, 0.6) is 5.75 Å². The highest BCUT2D eigenvalue weighted by atomic mass is 79.9. The molecule has 3 aromatic rings. The van der Waals surface area contributed by atoms with Crippen LogP contribution in [0, 0.1) is 19.7 Å². The highest BCUT2D eigenvalue weighted by Gasteiger charge is 2.30. The molecule has 0 saturated heterocycles. The van der Waals surface area contributed by atoms with Crippen molar-refractivity contribution < 1.29 is 18.7 Å². The maximum absolute atomic E-state index is 13.6. The Bertz CT molecular complexity index is 1150. The fraction of sp³-hybridized carbons (Fsp3) is 0.310. The highest BCUT2D eigenvalue weighted by molar-refractivity contribution is 9.10. The lowest BCUT2D eigenvalue weighted by molar-refractivity contribution is -0.142. The van der Waals surface area contributed by atoms with Crippen molar-refractivity contribution in [1.82, 2.24) is 10.2 Å². The molecule has 1 unspecified atom stereocenters. The van der Waals surface area contributed by atoms with E-state index in [1.165, 1.54) is 17.0 Å². The maximum atomic E-state index is 13.6. The van der Waals surface area contributed by atoms with E-state index in [0.29, 0.717) is 18.7 Å². The summed E-state index contributed by atoms with van der Waals surface area (Å²) in [6.45, 7) is 6.33. The van der Waals surface area contributed by atoms with E-state index in [4.69, 9.17) is 4.74 Å². The van der Waals surface area contributed by atoms with E-state index in [1.807, 2.05) is 63.2 Å². The van der Waals surface area contributed by atoms with Crippen LogP contribution in [0.2, 0.25) is 0 Å². The quantitative estimate of drug-likeness (QED) is 0.328. The molecule has 2 amide bonds. The normalized spacial score (nSPS) is 11.6. The van der Waals surface area contributed by atoms with E-state index in [-0.39, 0.29) is 30.8 Å². The third-order valence-corrected chi connectivity index (χ3v) is 7.11. The zero-order chi connectivity index (χ0) is 26.1. The van der Waals surface area contributed by atoms with E-state index in [0.717, 1.165) is 33.1 Å². The Hall–Kier alpha value is -3.19. The van der Waals surface area contributed by atoms with Gasteiger partial charge in [0.05, 0.1) is 0 Å². The van der Waals surface area contributed by atoms with Crippen molar-refractivity contribution in [3.05, 3.63) is 99.3 Å². The van der Waals surface area contributed by atoms with Gasteiger partial charge in [0.15, 0.2) is 6.61 Å². The molecule has 0 bridgehead atoms. The molecule has 1 atom stereocenters. The second kappa shape index (κ2) is 13.2. The minimum Gasteiger partial charge on any atom is -0.484 e. The van der Waals surface area contributed by atoms with Gasteiger partial charge in [-0.15, -0.1) is 0 Å². The Kier molecular flexibility index (Phi) is 10.1. The molecule has 0 saturated carbocycles. The van der Waals surface area contributed by atoms with Gasteiger partial charge >= 0.3 is 0 Å². The van der Waals surface area contributed by atoms with Gasteiger partial charge in [-0.05, 0) is 66.8 Å². The average molecular weight is 555 g/mol. The largest absolute Gasteiger partial charge is 0.484 e. The Morgan fingerprint density at radius 3 is 2.25 bits per heavy atom. The molecule has 7 heteroatoms. The Morgan fingerprint density at radius 1 is 1.00 bits per heavy atom. The number of hydrogen-bond acceptors (Lipinski definition) is 3. The fourth-order valence-corrected chi connectivity index (χ4v) is 4.15. The second-order valence-electron chi connectivity index (χ2n) is 8.80. The lowest BCUT2D eigenvalue weighted by Gasteiger charge is -2.31. The number of rotatable bonds is 11. The van der Waals surface area contributed by atoms with Crippen LogP contribution >= 0.6 is 15.9 Å². The average Bonchev–Trinajstić information content (AvgIpc) is 2.88. The van der Waals surface area contributed by atoms with Crippen LogP contribution in [-0.2, 0) is 22.6 Å². The van der Waals surface area contributed by atoms with Crippen LogP contribution in [0.15, 0.2) is 71.2 Å². The monoisotopic (exact) mass is 554 g/mol. The summed E-state index contributed by atoms with van der Waals surface area (Å²) in [7, 11) is 0. The number of halogens is 2. The minimum absolute atomic E-state index is 0.151. The van der Waals surface area contributed by atoms with Crippen molar-refractivity contribution in [3.63, 3.8) is 0 Å². The Labute approximate surface area is 220 Å². The first-order valence-corrected chi connectivity index (χ1v) is 12.8. The number of benzene rings is 3. The molecule has 1 N–H and O–H groups in total. The van der Waals surface area contributed by atoms with Gasteiger partial charge in [-0.1, -0.05) is 65.3 Å². The number of carbonyl (C=O) groups is 2. The summed E-state index contributed by atoms with van der Waals surface area (Å²) in [5.41, 5.74) is 3.66. The number of hydrogen-bond donors (Lipinski definition) is 1. The molecule has 5 nitrogen and oxygen atoms in total.